The van der Waals surface area contributed by atoms with E-state index in [0.717, 1.165) is 18.5 Å². The average molecular weight is 417 g/mol. The van der Waals surface area contributed by atoms with Crippen molar-refractivity contribution in [3.63, 3.8) is 0 Å². The fourth-order valence-corrected chi connectivity index (χ4v) is 3.57. The van der Waals surface area contributed by atoms with Crippen molar-refractivity contribution in [1.29, 1.82) is 0 Å². The summed E-state index contributed by atoms with van der Waals surface area (Å²) in [5.74, 6) is 0.0701. The van der Waals surface area contributed by atoms with Gasteiger partial charge in [0.25, 0.3) is 5.56 Å². The number of fused-ring (bicyclic) bond motifs is 1. The lowest BCUT2D eigenvalue weighted by molar-refractivity contribution is -0.119. The Bertz CT molecular complexity index is 1340. The quantitative estimate of drug-likeness (QED) is 0.536. The number of halogens is 1. The lowest BCUT2D eigenvalue weighted by Crippen LogP contribution is -2.33. The van der Waals surface area contributed by atoms with Gasteiger partial charge < -0.3 is 5.32 Å². The zero-order chi connectivity index (χ0) is 21.5. The molecule has 3 heterocycles. The molecular formula is C23H20FN5O2. The van der Waals surface area contributed by atoms with E-state index in [4.69, 9.17) is 0 Å². The molecular weight excluding hydrogens is 397 g/mol. The van der Waals surface area contributed by atoms with E-state index >= 15 is 0 Å². The van der Waals surface area contributed by atoms with Crippen LogP contribution in [-0.2, 0) is 4.79 Å². The van der Waals surface area contributed by atoms with Crippen LogP contribution in [0.25, 0.3) is 16.9 Å². The second-order valence-corrected chi connectivity index (χ2v) is 7.73. The van der Waals surface area contributed by atoms with Crippen LogP contribution < -0.4 is 10.9 Å². The van der Waals surface area contributed by atoms with Gasteiger partial charge in [0.15, 0.2) is 0 Å². The molecule has 1 atom stereocenters. The van der Waals surface area contributed by atoms with E-state index in [1.54, 1.807) is 35.7 Å². The van der Waals surface area contributed by atoms with Crippen LogP contribution >= 0.6 is 0 Å². The van der Waals surface area contributed by atoms with E-state index in [0.29, 0.717) is 28.6 Å². The minimum Gasteiger partial charge on any atom is -0.308 e. The fourth-order valence-electron chi connectivity index (χ4n) is 3.57. The lowest BCUT2D eigenvalue weighted by atomic mass is 10.1. The van der Waals surface area contributed by atoms with Crippen molar-refractivity contribution in [3.05, 3.63) is 82.7 Å². The smallest absolute Gasteiger partial charge is 0.267 e. The molecule has 1 aliphatic rings. The number of hydrogen-bond donors (Lipinski definition) is 1. The molecule has 0 bridgehead atoms. The second kappa shape index (κ2) is 7.46. The summed E-state index contributed by atoms with van der Waals surface area (Å²) in [6.07, 6.45) is 3.89. The van der Waals surface area contributed by atoms with Gasteiger partial charge in [-0.05, 0) is 62.2 Å². The van der Waals surface area contributed by atoms with Crippen molar-refractivity contribution in [3.8, 4) is 11.3 Å². The minimum atomic E-state index is -0.818. The van der Waals surface area contributed by atoms with Gasteiger partial charge in [-0.2, -0.15) is 5.10 Å². The van der Waals surface area contributed by atoms with Crippen LogP contribution in [0.15, 0.2) is 65.6 Å². The standard InChI is InChI=1S/C23H20FN5O2/c1-14(29-20(30)12-11-18(27-29)15-5-6-15)23(31)26-22-21(16-7-9-17(24)10-8-16)25-19-4-2-3-13-28(19)22/h2-4,7-15H,5-6H2,1H3,(H,26,31). The third kappa shape index (κ3) is 3.61. The van der Waals surface area contributed by atoms with Gasteiger partial charge in [-0.15, -0.1) is 0 Å². The van der Waals surface area contributed by atoms with Crippen molar-refractivity contribution in [2.45, 2.75) is 31.7 Å². The normalized spacial score (nSPS) is 14.5. The summed E-state index contributed by atoms with van der Waals surface area (Å²) in [4.78, 5) is 30.1. The Morgan fingerprint density at radius 2 is 1.90 bits per heavy atom. The zero-order valence-electron chi connectivity index (χ0n) is 16.8. The number of nitrogens with zero attached hydrogens (tertiary/aromatic N) is 4. The molecule has 7 nitrogen and oxygen atoms in total. The van der Waals surface area contributed by atoms with Crippen molar-refractivity contribution in [2.75, 3.05) is 5.32 Å². The predicted octanol–water partition coefficient (Wildman–Crippen LogP) is 3.77. The first-order valence-corrected chi connectivity index (χ1v) is 10.1. The minimum absolute atomic E-state index is 0.330. The summed E-state index contributed by atoms with van der Waals surface area (Å²) in [5, 5.41) is 7.32. The van der Waals surface area contributed by atoms with Crippen molar-refractivity contribution in [2.24, 2.45) is 0 Å². The summed E-state index contributed by atoms with van der Waals surface area (Å²) >= 11 is 0. The maximum atomic E-state index is 13.4. The van der Waals surface area contributed by atoms with E-state index < -0.39 is 11.9 Å². The maximum absolute atomic E-state index is 13.4. The molecule has 0 aliphatic heterocycles. The zero-order valence-corrected chi connectivity index (χ0v) is 16.8. The summed E-state index contributed by atoms with van der Waals surface area (Å²) in [6.45, 7) is 1.64. The molecule has 156 valence electrons. The van der Waals surface area contributed by atoms with Crippen molar-refractivity contribution < 1.29 is 9.18 Å². The van der Waals surface area contributed by atoms with Crippen LogP contribution in [0.2, 0.25) is 0 Å². The largest absolute Gasteiger partial charge is 0.308 e. The lowest BCUT2D eigenvalue weighted by Gasteiger charge is -2.15. The molecule has 3 aromatic heterocycles. The fraction of sp³-hybridized carbons (Fsp3) is 0.217. The molecule has 1 unspecified atom stereocenters. The van der Waals surface area contributed by atoms with Gasteiger partial charge in [-0.25, -0.2) is 14.1 Å². The molecule has 0 radical (unpaired) electrons. The van der Waals surface area contributed by atoms with E-state index in [1.165, 1.54) is 22.9 Å². The number of benzene rings is 1. The number of amides is 1. The number of hydrogen-bond acceptors (Lipinski definition) is 4. The molecule has 1 aliphatic carbocycles. The summed E-state index contributed by atoms with van der Waals surface area (Å²) in [5.41, 5.74) is 2.32. The molecule has 1 aromatic carbocycles. The maximum Gasteiger partial charge on any atom is 0.267 e. The Morgan fingerprint density at radius 3 is 2.65 bits per heavy atom. The molecule has 1 N–H and O–H groups in total. The second-order valence-electron chi connectivity index (χ2n) is 7.73. The number of nitrogens with one attached hydrogen (secondary N) is 1. The molecule has 8 heteroatoms. The molecule has 31 heavy (non-hydrogen) atoms. The number of carbonyl (C=O) groups is 1. The summed E-state index contributed by atoms with van der Waals surface area (Å²) < 4.78 is 16.4. The number of rotatable bonds is 5. The molecule has 1 amide bonds. The van der Waals surface area contributed by atoms with Gasteiger partial charge in [0.2, 0.25) is 5.91 Å². The molecule has 0 saturated heterocycles. The van der Waals surface area contributed by atoms with Gasteiger partial charge in [-0.3, -0.25) is 14.0 Å². The highest BCUT2D eigenvalue weighted by Gasteiger charge is 2.27. The topological polar surface area (TPSA) is 81.3 Å². The van der Waals surface area contributed by atoms with Crippen molar-refractivity contribution >= 4 is 17.4 Å². The number of pyridine rings is 1. The van der Waals surface area contributed by atoms with Gasteiger partial charge in [0.1, 0.15) is 29.0 Å². The molecule has 5 rings (SSSR count). The van der Waals surface area contributed by atoms with E-state index in [1.807, 2.05) is 18.2 Å². The van der Waals surface area contributed by atoms with Crippen LogP contribution in [0.3, 0.4) is 0 Å². The Labute approximate surface area is 177 Å². The number of imidazole rings is 1. The highest BCUT2D eigenvalue weighted by molar-refractivity contribution is 5.96. The Kier molecular flexibility index (Phi) is 4.62. The third-order valence-electron chi connectivity index (χ3n) is 5.48. The average Bonchev–Trinajstić information content (AvgIpc) is 3.57. The van der Waals surface area contributed by atoms with Gasteiger partial charge in [0, 0.05) is 23.7 Å². The van der Waals surface area contributed by atoms with Crippen LogP contribution in [0.1, 0.15) is 37.4 Å². The SMILES string of the molecule is CC(C(=O)Nc1c(-c2ccc(F)cc2)nc2ccccn12)n1nc(C2CC2)ccc1=O. The van der Waals surface area contributed by atoms with Crippen LogP contribution in [0, 0.1) is 5.82 Å². The summed E-state index contributed by atoms with van der Waals surface area (Å²) in [7, 11) is 0. The van der Waals surface area contributed by atoms with Crippen molar-refractivity contribution in [1.82, 2.24) is 19.2 Å². The highest BCUT2D eigenvalue weighted by atomic mass is 19.1. The van der Waals surface area contributed by atoms with E-state index in [2.05, 4.69) is 15.4 Å². The van der Waals surface area contributed by atoms with Crippen LogP contribution in [0.5, 0.6) is 0 Å². The molecule has 4 aromatic rings. The number of aromatic nitrogens is 4. The van der Waals surface area contributed by atoms with E-state index in [-0.39, 0.29) is 11.4 Å². The van der Waals surface area contributed by atoms with E-state index in [9.17, 15) is 14.0 Å². The molecule has 1 fully saturated rings. The summed E-state index contributed by atoms with van der Waals surface area (Å²) in [6, 6.07) is 13.8. The first kappa shape index (κ1) is 19.2. The Morgan fingerprint density at radius 1 is 1.13 bits per heavy atom. The molecule has 1 saturated carbocycles. The van der Waals surface area contributed by atoms with Gasteiger partial charge in [-0.1, -0.05) is 6.07 Å². The van der Waals surface area contributed by atoms with Gasteiger partial charge >= 0.3 is 0 Å². The number of carbonyl (C=O) groups excluding carboxylic acids is 1. The highest BCUT2D eigenvalue weighted by Crippen LogP contribution is 2.38. The first-order chi connectivity index (χ1) is 15.0. The Balaban J connectivity index is 1.52. The van der Waals surface area contributed by atoms with Crippen LogP contribution in [-0.4, -0.2) is 25.1 Å². The monoisotopic (exact) mass is 417 g/mol. The molecule has 0 spiro atoms. The predicted molar refractivity (Wildman–Crippen MR) is 114 cm³/mol. The first-order valence-electron chi connectivity index (χ1n) is 10.1. The van der Waals surface area contributed by atoms with Gasteiger partial charge in [0.05, 0.1) is 5.69 Å². The third-order valence-corrected chi connectivity index (χ3v) is 5.48. The van der Waals surface area contributed by atoms with Crippen LogP contribution in [0.4, 0.5) is 10.2 Å². The number of anilines is 1. The Hall–Kier alpha value is -3.81.